The van der Waals surface area contributed by atoms with Crippen molar-refractivity contribution < 1.29 is 24.6 Å². The van der Waals surface area contributed by atoms with Crippen molar-refractivity contribution in [2.75, 3.05) is 18.9 Å². The molecule has 1 rings (SSSR count). The molecule has 0 aliphatic carbocycles. The molecule has 1 aromatic rings. The van der Waals surface area contributed by atoms with Crippen molar-refractivity contribution >= 4 is 23.6 Å². The second-order valence-corrected chi connectivity index (χ2v) is 3.52. The molecule has 0 aromatic heterocycles. The number of benzene rings is 1. The zero-order valence-electron chi connectivity index (χ0n) is 10.1. The van der Waals surface area contributed by atoms with E-state index in [9.17, 15) is 19.5 Å². The first-order valence-electron chi connectivity index (χ1n) is 5.25. The van der Waals surface area contributed by atoms with Crippen LogP contribution in [0, 0.1) is 0 Å². The fourth-order valence-electron chi connectivity index (χ4n) is 1.21. The van der Waals surface area contributed by atoms with Crippen LogP contribution >= 0.6 is 0 Å². The standard InChI is InChI=1S/C11H13N3O5/c1-12-9(16)5-13-11(19)14-6-2-3-7(10(17)18)8(15)4-6/h2-4,15H,5H2,1H3,(H,12,16)(H,17,18)(H2,13,14,19). The number of rotatable bonds is 4. The van der Waals surface area contributed by atoms with Gasteiger partial charge in [0.1, 0.15) is 11.3 Å². The lowest BCUT2D eigenvalue weighted by molar-refractivity contribution is -0.119. The topological polar surface area (TPSA) is 128 Å². The molecule has 5 N–H and O–H groups in total. The summed E-state index contributed by atoms with van der Waals surface area (Å²) in [5.74, 6) is -2.09. The van der Waals surface area contributed by atoms with E-state index in [0.29, 0.717) is 0 Å². The number of nitrogens with one attached hydrogen (secondary N) is 3. The summed E-state index contributed by atoms with van der Waals surface area (Å²) in [4.78, 5) is 32.9. The van der Waals surface area contributed by atoms with Gasteiger partial charge in [-0.3, -0.25) is 4.79 Å². The van der Waals surface area contributed by atoms with E-state index in [-0.39, 0.29) is 23.7 Å². The van der Waals surface area contributed by atoms with Crippen molar-refractivity contribution in [3.8, 4) is 5.75 Å². The minimum atomic E-state index is -1.27. The van der Waals surface area contributed by atoms with Crippen LogP contribution in [0.15, 0.2) is 18.2 Å². The lowest BCUT2D eigenvalue weighted by Crippen LogP contribution is -2.37. The maximum atomic E-state index is 11.4. The van der Waals surface area contributed by atoms with Crippen molar-refractivity contribution in [2.24, 2.45) is 0 Å². The van der Waals surface area contributed by atoms with E-state index in [0.717, 1.165) is 12.1 Å². The van der Waals surface area contributed by atoms with E-state index >= 15 is 0 Å². The van der Waals surface area contributed by atoms with Gasteiger partial charge in [0.2, 0.25) is 5.91 Å². The number of carboxylic acid groups (broad SMARTS) is 1. The SMILES string of the molecule is CNC(=O)CNC(=O)Nc1ccc(C(=O)O)c(O)c1. The molecular weight excluding hydrogens is 254 g/mol. The molecular formula is C11H13N3O5. The number of aromatic carboxylic acids is 1. The van der Waals surface area contributed by atoms with Crippen molar-refractivity contribution in [3.05, 3.63) is 23.8 Å². The molecule has 0 saturated carbocycles. The number of likely N-dealkylation sites (N-methyl/N-ethyl adjacent to an activating group) is 1. The van der Waals surface area contributed by atoms with Crippen LogP contribution in [0.25, 0.3) is 0 Å². The highest BCUT2D eigenvalue weighted by Gasteiger charge is 2.11. The molecule has 0 saturated heterocycles. The zero-order chi connectivity index (χ0) is 14.4. The number of hydrogen-bond donors (Lipinski definition) is 5. The molecule has 102 valence electrons. The van der Waals surface area contributed by atoms with Gasteiger partial charge in [0.15, 0.2) is 0 Å². The minimum absolute atomic E-state index is 0.193. The average molecular weight is 267 g/mol. The highest BCUT2D eigenvalue weighted by Crippen LogP contribution is 2.21. The number of aromatic hydroxyl groups is 1. The number of phenols is 1. The van der Waals surface area contributed by atoms with E-state index < -0.39 is 17.7 Å². The lowest BCUT2D eigenvalue weighted by atomic mass is 10.2. The second kappa shape index (κ2) is 6.24. The van der Waals surface area contributed by atoms with Gasteiger partial charge < -0.3 is 26.2 Å². The Morgan fingerprint density at radius 2 is 1.95 bits per heavy atom. The van der Waals surface area contributed by atoms with Crippen LogP contribution in [0.2, 0.25) is 0 Å². The van der Waals surface area contributed by atoms with Gasteiger partial charge in [-0.05, 0) is 12.1 Å². The number of amides is 3. The maximum absolute atomic E-state index is 11.4. The fourth-order valence-corrected chi connectivity index (χ4v) is 1.21. The van der Waals surface area contributed by atoms with Gasteiger partial charge in [0.25, 0.3) is 0 Å². The van der Waals surface area contributed by atoms with Crippen LogP contribution in [0.4, 0.5) is 10.5 Å². The number of carbonyl (C=O) groups excluding carboxylic acids is 2. The van der Waals surface area contributed by atoms with Gasteiger partial charge in [-0.2, -0.15) is 0 Å². The molecule has 3 amide bonds. The van der Waals surface area contributed by atoms with Crippen LogP contribution in [0.3, 0.4) is 0 Å². The Morgan fingerprint density at radius 1 is 1.26 bits per heavy atom. The van der Waals surface area contributed by atoms with Gasteiger partial charge in [-0.25, -0.2) is 9.59 Å². The Labute approximate surface area is 108 Å². The van der Waals surface area contributed by atoms with Gasteiger partial charge in [0.05, 0.1) is 6.54 Å². The highest BCUT2D eigenvalue weighted by atomic mass is 16.4. The van der Waals surface area contributed by atoms with Crippen LogP contribution < -0.4 is 16.0 Å². The van der Waals surface area contributed by atoms with E-state index in [4.69, 9.17) is 5.11 Å². The molecule has 0 radical (unpaired) electrons. The Morgan fingerprint density at radius 3 is 2.47 bits per heavy atom. The summed E-state index contributed by atoms with van der Waals surface area (Å²) >= 11 is 0. The molecule has 0 fully saturated rings. The largest absolute Gasteiger partial charge is 0.507 e. The molecule has 0 spiro atoms. The molecule has 8 heteroatoms. The van der Waals surface area contributed by atoms with Crippen LogP contribution in [0.5, 0.6) is 5.75 Å². The van der Waals surface area contributed by atoms with E-state index in [1.807, 2.05) is 0 Å². The summed E-state index contributed by atoms with van der Waals surface area (Å²) in [6.45, 7) is -0.193. The Hall–Kier alpha value is -2.77. The van der Waals surface area contributed by atoms with Crippen LogP contribution in [0.1, 0.15) is 10.4 Å². The minimum Gasteiger partial charge on any atom is -0.507 e. The second-order valence-electron chi connectivity index (χ2n) is 3.52. The van der Waals surface area contributed by atoms with Crippen molar-refractivity contribution in [1.29, 1.82) is 0 Å². The summed E-state index contributed by atoms with van der Waals surface area (Å²) in [6, 6.07) is 2.93. The smallest absolute Gasteiger partial charge is 0.339 e. The van der Waals surface area contributed by atoms with E-state index in [1.165, 1.54) is 13.1 Å². The van der Waals surface area contributed by atoms with Gasteiger partial charge in [-0.15, -0.1) is 0 Å². The summed E-state index contributed by atoms with van der Waals surface area (Å²) in [5.41, 5.74) is -0.0618. The first-order valence-corrected chi connectivity index (χ1v) is 5.25. The van der Waals surface area contributed by atoms with Gasteiger partial charge in [-0.1, -0.05) is 0 Å². The van der Waals surface area contributed by atoms with Crippen molar-refractivity contribution in [2.45, 2.75) is 0 Å². The first kappa shape index (κ1) is 14.3. The summed E-state index contributed by atoms with van der Waals surface area (Å²) in [6.07, 6.45) is 0. The fraction of sp³-hybridized carbons (Fsp3) is 0.182. The molecule has 0 heterocycles. The Balaban J connectivity index is 2.63. The predicted octanol–water partition coefficient (Wildman–Crippen LogP) is -0.0421. The van der Waals surface area contributed by atoms with Gasteiger partial charge >= 0.3 is 12.0 Å². The van der Waals surface area contributed by atoms with Gasteiger partial charge in [0, 0.05) is 18.8 Å². The molecule has 1 aromatic carbocycles. The molecule has 0 aliphatic heterocycles. The number of hydrogen-bond acceptors (Lipinski definition) is 4. The highest BCUT2D eigenvalue weighted by molar-refractivity contribution is 5.95. The normalized spacial score (nSPS) is 9.53. The summed E-state index contributed by atoms with van der Waals surface area (Å²) in [7, 11) is 1.44. The van der Waals surface area contributed by atoms with Crippen LogP contribution in [-0.2, 0) is 4.79 Å². The number of carbonyl (C=O) groups is 3. The number of anilines is 1. The monoisotopic (exact) mass is 267 g/mol. The molecule has 0 unspecified atom stereocenters. The van der Waals surface area contributed by atoms with Crippen molar-refractivity contribution in [3.63, 3.8) is 0 Å². The van der Waals surface area contributed by atoms with Crippen molar-refractivity contribution in [1.82, 2.24) is 10.6 Å². The average Bonchev–Trinajstić information content (AvgIpc) is 2.35. The quantitative estimate of drug-likeness (QED) is 0.523. The lowest BCUT2D eigenvalue weighted by Gasteiger charge is -2.08. The summed E-state index contributed by atoms with van der Waals surface area (Å²) < 4.78 is 0. The van der Waals surface area contributed by atoms with E-state index in [1.54, 1.807) is 0 Å². The third-order valence-corrected chi connectivity index (χ3v) is 2.17. The zero-order valence-corrected chi connectivity index (χ0v) is 10.1. The summed E-state index contributed by atoms with van der Waals surface area (Å²) in [5, 5.41) is 25.1. The molecule has 8 nitrogen and oxygen atoms in total. The predicted molar refractivity (Wildman–Crippen MR) is 66.2 cm³/mol. The van der Waals surface area contributed by atoms with E-state index in [2.05, 4.69) is 16.0 Å². The van der Waals surface area contributed by atoms with Crippen LogP contribution in [-0.4, -0.2) is 41.7 Å². The molecule has 0 atom stereocenters. The first-order chi connectivity index (χ1) is 8.93. The third kappa shape index (κ3) is 4.19. The Kier molecular flexibility index (Phi) is 4.69. The molecule has 0 aliphatic rings. The molecule has 19 heavy (non-hydrogen) atoms. The maximum Gasteiger partial charge on any atom is 0.339 e. The third-order valence-electron chi connectivity index (χ3n) is 2.17. The number of carboxylic acids is 1. The number of urea groups is 1. The molecule has 0 bridgehead atoms. The Bertz CT molecular complexity index is 515.